The Hall–Kier alpha value is -1.66. The summed E-state index contributed by atoms with van der Waals surface area (Å²) in [6.45, 7) is 1.57. The van der Waals surface area contributed by atoms with Crippen LogP contribution >= 0.6 is 12.2 Å². The molecule has 0 bridgehead atoms. The molecular formula is C14H19N3O2S. The van der Waals surface area contributed by atoms with Crippen molar-refractivity contribution < 1.29 is 9.53 Å². The van der Waals surface area contributed by atoms with Gasteiger partial charge in [0.25, 0.3) is 5.91 Å². The standard InChI is InChI=1S/C14H19N3O2S/c1-15-13(18)10-4-6-11(7-5-10)17-14(20)16-9-12-3-2-8-19-12/h4-7,12H,2-3,8-9H2,1H3,(H,15,18)(H2,16,17,20). The smallest absolute Gasteiger partial charge is 0.251 e. The van der Waals surface area contributed by atoms with E-state index < -0.39 is 0 Å². The van der Waals surface area contributed by atoms with E-state index in [4.69, 9.17) is 17.0 Å². The fourth-order valence-electron chi connectivity index (χ4n) is 2.04. The maximum absolute atomic E-state index is 11.4. The molecule has 1 unspecified atom stereocenters. The lowest BCUT2D eigenvalue weighted by atomic mass is 10.2. The van der Waals surface area contributed by atoms with Gasteiger partial charge in [0, 0.05) is 31.5 Å². The predicted molar refractivity (Wildman–Crippen MR) is 83.0 cm³/mol. The van der Waals surface area contributed by atoms with Crippen molar-refractivity contribution in [2.24, 2.45) is 0 Å². The van der Waals surface area contributed by atoms with Crippen LogP contribution < -0.4 is 16.0 Å². The number of rotatable bonds is 4. The van der Waals surface area contributed by atoms with Gasteiger partial charge in [0.1, 0.15) is 0 Å². The quantitative estimate of drug-likeness (QED) is 0.735. The second-order valence-corrected chi connectivity index (χ2v) is 5.03. The lowest BCUT2D eigenvalue weighted by Crippen LogP contribution is -2.34. The zero-order valence-electron chi connectivity index (χ0n) is 11.4. The lowest BCUT2D eigenvalue weighted by molar-refractivity contribution is 0.0963. The molecule has 6 heteroatoms. The molecule has 0 aliphatic carbocycles. The van der Waals surface area contributed by atoms with Gasteiger partial charge in [-0.25, -0.2) is 0 Å². The highest BCUT2D eigenvalue weighted by Gasteiger charge is 2.15. The van der Waals surface area contributed by atoms with E-state index in [1.165, 1.54) is 0 Å². The molecule has 1 amide bonds. The Kier molecular flexibility index (Phi) is 5.31. The molecule has 0 spiro atoms. The lowest BCUT2D eigenvalue weighted by Gasteiger charge is -2.14. The van der Waals surface area contributed by atoms with Gasteiger partial charge in [-0.15, -0.1) is 0 Å². The summed E-state index contributed by atoms with van der Waals surface area (Å²) in [5.41, 5.74) is 1.47. The van der Waals surface area contributed by atoms with Gasteiger partial charge >= 0.3 is 0 Å². The van der Waals surface area contributed by atoms with E-state index in [1.807, 2.05) is 12.1 Å². The third-order valence-corrected chi connectivity index (χ3v) is 3.39. The van der Waals surface area contributed by atoms with E-state index in [2.05, 4.69) is 16.0 Å². The molecule has 5 nitrogen and oxygen atoms in total. The van der Waals surface area contributed by atoms with Crippen LogP contribution in [0.3, 0.4) is 0 Å². The van der Waals surface area contributed by atoms with Crippen LogP contribution in [0.2, 0.25) is 0 Å². The third-order valence-electron chi connectivity index (χ3n) is 3.15. The monoisotopic (exact) mass is 293 g/mol. The fraction of sp³-hybridized carbons (Fsp3) is 0.429. The molecule has 1 heterocycles. The number of carbonyl (C=O) groups excluding carboxylic acids is 1. The minimum Gasteiger partial charge on any atom is -0.376 e. The Bertz CT molecular complexity index is 470. The van der Waals surface area contributed by atoms with Crippen LogP contribution in [0.5, 0.6) is 0 Å². The largest absolute Gasteiger partial charge is 0.376 e. The summed E-state index contributed by atoms with van der Waals surface area (Å²) < 4.78 is 5.51. The first kappa shape index (κ1) is 14.7. The van der Waals surface area contributed by atoms with Gasteiger partial charge in [0.2, 0.25) is 0 Å². The van der Waals surface area contributed by atoms with Gasteiger partial charge in [0.15, 0.2) is 5.11 Å². The summed E-state index contributed by atoms with van der Waals surface area (Å²) in [5.74, 6) is -0.101. The summed E-state index contributed by atoms with van der Waals surface area (Å²) >= 11 is 5.22. The zero-order chi connectivity index (χ0) is 14.4. The Labute approximate surface area is 124 Å². The van der Waals surface area contributed by atoms with Crippen molar-refractivity contribution in [3.8, 4) is 0 Å². The summed E-state index contributed by atoms with van der Waals surface area (Å²) in [4.78, 5) is 11.4. The average Bonchev–Trinajstić information content (AvgIpc) is 2.98. The van der Waals surface area contributed by atoms with Crippen molar-refractivity contribution in [2.45, 2.75) is 18.9 Å². The SMILES string of the molecule is CNC(=O)c1ccc(NC(=S)NCC2CCCO2)cc1. The Morgan fingerprint density at radius 2 is 2.15 bits per heavy atom. The first-order valence-electron chi connectivity index (χ1n) is 6.67. The fourth-order valence-corrected chi connectivity index (χ4v) is 2.24. The van der Waals surface area contributed by atoms with Crippen molar-refractivity contribution >= 4 is 28.9 Å². The van der Waals surface area contributed by atoms with Crippen molar-refractivity contribution in [1.82, 2.24) is 10.6 Å². The molecular weight excluding hydrogens is 274 g/mol. The van der Waals surface area contributed by atoms with E-state index >= 15 is 0 Å². The molecule has 3 N–H and O–H groups in total. The molecule has 1 saturated heterocycles. The normalized spacial score (nSPS) is 17.6. The molecule has 1 aliphatic rings. The number of thiocarbonyl (C=S) groups is 1. The summed E-state index contributed by atoms with van der Waals surface area (Å²) in [7, 11) is 1.61. The first-order valence-corrected chi connectivity index (χ1v) is 7.08. The average molecular weight is 293 g/mol. The van der Waals surface area contributed by atoms with E-state index in [-0.39, 0.29) is 12.0 Å². The number of amides is 1. The van der Waals surface area contributed by atoms with Crippen LogP contribution in [-0.2, 0) is 4.74 Å². The van der Waals surface area contributed by atoms with Crippen LogP contribution in [0, 0.1) is 0 Å². The number of anilines is 1. The molecule has 1 aliphatic heterocycles. The highest BCUT2D eigenvalue weighted by atomic mass is 32.1. The Morgan fingerprint density at radius 1 is 1.40 bits per heavy atom. The number of benzene rings is 1. The van der Waals surface area contributed by atoms with Crippen molar-refractivity contribution in [3.63, 3.8) is 0 Å². The van der Waals surface area contributed by atoms with Gasteiger partial charge in [0.05, 0.1) is 6.10 Å². The molecule has 108 valence electrons. The molecule has 1 aromatic carbocycles. The van der Waals surface area contributed by atoms with Crippen LogP contribution in [0.25, 0.3) is 0 Å². The van der Waals surface area contributed by atoms with E-state index in [9.17, 15) is 4.79 Å². The molecule has 1 fully saturated rings. The number of nitrogens with one attached hydrogen (secondary N) is 3. The number of hydrogen-bond donors (Lipinski definition) is 3. The van der Waals surface area contributed by atoms with E-state index in [0.717, 1.165) is 31.7 Å². The van der Waals surface area contributed by atoms with Gasteiger partial charge in [-0.3, -0.25) is 4.79 Å². The molecule has 2 rings (SSSR count). The second-order valence-electron chi connectivity index (χ2n) is 4.63. The highest BCUT2D eigenvalue weighted by molar-refractivity contribution is 7.80. The van der Waals surface area contributed by atoms with Crippen LogP contribution in [-0.4, -0.2) is 37.3 Å². The number of carbonyl (C=O) groups is 1. The van der Waals surface area contributed by atoms with Crippen LogP contribution in [0.1, 0.15) is 23.2 Å². The third kappa shape index (κ3) is 4.18. The van der Waals surface area contributed by atoms with Crippen molar-refractivity contribution in [2.75, 3.05) is 25.5 Å². The Morgan fingerprint density at radius 3 is 2.75 bits per heavy atom. The molecule has 0 radical (unpaired) electrons. The summed E-state index contributed by atoms with van der Waals surface area (Å²) in [5, 5.41) is 9.37. The molecule has 1 aromatic rings. The Balaban J connectivity index is 1.80. The number of ether oxygens (including phenoxy) is 1. The topological polar surface area (TPSA) is 62.4 Å². The molecule has 0 aromatic heterocycles. The van der Waals surface area contributed by atoms with Crippen molar-refractivity contribution in [3.05, 3.63) is 29.8 Å². The minimum atomic E-state index is -0.101. The van der Waals surface area contributed by atoms with E-state index in [1.54, 1.807) is 19.2 Å². The first-order chi connectivity index (χ1) is 9.69. The van der Waals surface area contributed by atoms with E-state index in [0.29, 0.717) is 10.7 Å². The van der Waals surface area contributed by atoms with Crippen LogP contribution in [0.15, 0.2) is 24.3 Å². The van der Waals surface area contributed by atoms with Gasteiger partial charge in [-0.2, -0.15) is 0 Å². The number of hydrogen-bond acceptors (Lipinski definition) is 3. The molecule has 20 heavy (non-hydrogen) atoms. The minimum absolute atomic E-state index is 0.101. The predicted octanol–water partition coefficient (Wildman–Crippen LogP) is 1.51. The maximum atomic E-state index is 11.4. The summed E-state index contributed by atoms with van der Waals surface area (Å²) in [6.07, 6.45) is 2.45. The van der Waals surface area contributed by atoms with Gasteiger partial charge in [-0.1, -0.05) is 0 Å². The van der Waals surface area contributed by atoms with Gasteiger partial charge < -0.3 is 20.7 Å². The van der Waals surface area contributed by atoms with Crippen molar-refractivity contribution in [1.29, 1.82) is 0 Å². The highest BCUT2D eigenvalue weighted by Crippen LogP contribution is 2.11. The molecule has 0 saturated carbocycles. The van der Waals surface area contributed by atoms with Crippen LogP contribution in [0.4, 0.5) is 5.69 Å². The summed E-state index contributed by atoms with van der Waals surface area (Å²) in [6, 6.07) is 7.16. The second kappa shape index (κ2) is 7.21. The maximum Gasteiger partial charge on any atom is 0.251 e. The molecule has 1 atom stereocenters. The van der Waals surface area contributed by atoms with Gasteiger partial charge in [-0.05, 0) is 49.3 Å². The zero-order valence-corrected chi connectivity index (χ0v) is 12.3.